The molecule has 3 aromatic rings. The first kappa shape index (κ1) is 36.4. The molecule has 2 aromatic carbocycles. The number of aryl methyl sites for hydroxylation is 1. The third-order valence-corrected chi connectivity index (χ3v) is 13.4. The molecule has 8 rings (SSSR count). The smallest absolute Gasteiger partial charge is 0.329 e. The van der Waals surface area contributed by atoms with Crippen LogP contribution in [0.3, 0.4) is 0 Å². The zero-order chi connectivity index (χ0) is 36.7. The van der Waals surface area contributed by atoms with E-state index in [4.69, 9.17) is 25.8 Å². The van der Waals surface area contributed by atoms with E-state index in [1.807, 2.05) is 36.5 Å². The maximum atomic E-state index is 13.1. The topological polar surface area (TPSA) is 96.4 Å². The number of nitrogens with one attached hydrogen (secondary N) is 1. The van der Waals surface area contributed by atoms with E-state index >= 15 is 0 Å². The molecule has 5 aliphatic rings. The van der Waals surface area contributed by atoms with Gasteiger partial charge in [-0.1, -0.05) is 31.5 Å². The molecule has 0 amide bonds. The maximum Gasteiger partial charge on any atom is 0.329 e. The molecule has 3 aliphatic carbocycles. The number of rotatable bonds is 10. The molecule has 1 saturated heterocycles. The Morgan fingerprint density at radius 2 is 1.92 bits per heavy atom. The van der Waals surface area contributed by atoms with Gasteiger partial charge in [0.15, 0.2) is 11.5 Å². The van der Waals surface area contributed by atoms with Gasteiger partial charge in [-0.2, -0.15) is 0 Å². The van der Waals surface area contributed by atoms with Crippen molar-refractivity contribution in [2.75, 3.05) is 58.3 Å². The second-order valence-corrected chi connectivity index (χ2v) is 17.2. The Kier molecular flexibility index (Phi) is 10.3. The van der Waals surface area contributed by atoms with Crippen molar-refractivity contribution in [3.8, 4) is 17.2 Å². The standard InChI is InChI=1S/C43H55ClN4O5/c1-28(26-51-37-10-15-45-36-9-4-6-29(2)40(36)37)20-31-21-30-22-38-39(53-34(27-52-38)25-48-18-16-47(3)17-19-48)24-35(30)42(31)11-13-43(14-12-42,41(49)50)46-33-8-5-7-32(44)23-33/h5,7-8,10,15,22-24,28-29,31,34,46H,4,6,9,11-14,16-21,25-27H2,1-3H3,(H,49,50)/t28-,29-,31+,34+,42?,43?/m1/s1. The Labute approximate surface area is 319 Å². The van der Waals surface area contributed by atoms with Crippen LogP contribution in [0, 0.1) is 11.8 Å². The summed E-state index contributed by atoms with van der Waals surface area (Å²) in [5.74, 6) is 2.94. The highest BCUT2D eigenvalue weighted by Crippen LogP contribution is 2.58. The minimum atomic E-state index is -1.07. The lowest BCUT2D eigenvalue weighted by Gasteiger charge is -2.47. The van der Waals surface area contributed by atoms with Crippen LogP contribution in [0.4, 0.5) is 5.69 Å². The average molecular weight is 743 g/mol. The van der Waals surface area contributed by atoms with Gasteiger partial charge < -0.3 is 29.5 Å². The number of ether oxygens (including phenoxy) is 3. The summed E-state index contributed by atoms with van der Waals surface area (Å²) in [4.78, 5) is 22.6. The molecule has 53 heavy (non-hydrogen) atoms. The summed E-state index contributed by atoms with van der Waals surface area (Å²) in [6.07, 6.45) is 9.71. The highest BCUT2D eigenvalue weighted by atomic mass is 35.5. The van der Waals surface area contributed by atoms with Crippen molar-refractivity contribution < 1.29 is 24.1 Å². The van der Waals surface area contributed by atoms with E-state index in [0.29, 0.717) is 48.8 Å². The molecular formula is C43H55ClN4O5. The van der Waals surface area contributed by atoms with E-state index in [-0.39, 0.29) is 11.5 Å². The second kappa shape index (κ2) is 15.0. The largest absolute Gasteiger partial charge is 0.493 e. The van der Waals surface area contributed by atoms with Crippen LogP contribution in [0.2, 0.25) is 5.02 Å². The molecule has 2 aliphatic heterocycles. The van der Waals surface area contributed by atoms with Gasteiger partial charge in [0.25, 0.3) is 0 Å². The van der Waals surface area contributed by atoms with E-state index in [2.05, 4.69) is 53.1 Å². The van der Waals surface area contributed by atoms with Gasteiger partial charge in [-0.3, -0.25) is 9.88 Å². The summed E-state index contributed by atoms with van der Waals surface area (Å²) in [6, 6.07) is 13.9. The average Bonchev–Trinajstić information content (AvgIpc) is 3.42. The predicted octanol–water partition coefficient (Wildman–Crippen LogP) is 7.59. The third-order valence-electron chi connectivity index (χ3n) is 13.1. The maximum absolute atomic E-state index is 13.1. The minimum Gasteiger partial charge on any atom is -0.493 e. The highest BCUT2D eigenvalue weighted by Gasteiger charge is 2.54. The Morgan fingerprint density at radius 3 is 2.70 bits per heavy atom. The van der Waals surface area contributed by atoms with Crippen LogP contribution in [0.25, 0.3) is 0 Å². The number of piperazine rings is 1. The molecule has 2 fully saturated rings. The molecule has 9 nitrogen and oxygen atoms in total. The number of carboxylic acid groups (broad SMARTS) is 1. The number of nitrogens with zero attached hydrogens (tertiary/aromatic N) is 3. The zero-order valence-corrected chi connectivity index (χ0v) is 32.3. The number of hydrogen-bond acceptors (Lipinski definition) is 8. The van der Waals surface area contributed by atoms with E-state index in [1.54, 1.807) is 0 Å². The first-order valence-electron chi connectivity index (χ1n) is 19.9. The number of aromatic nitrogens is 1. The SMILES string of the molecule is C[C@@H](COc1ccnc2c1[C@H](C)CCC2)C[C@H]1Cc2cc3c(cc2C12CCC(Nc1cccc(Cl)c1)(C(=O)O)CC2)O[C@@H](CN1CCN(C)CC1)CO3. The summed E-state index contributed by atoms with van der Waals surface area (Å²) in [6.45, 7) is 10.8. The lowest BCUT2D eigenvalue weighted by Crippen LogP contribution is -2.53. The van der Waals surface area contributed by atoms with Crippen LogP contribution >= 0.6 is 11.6 Å². The first-order chi connectivity index (χ1) is 25.6. The Balaban J connectivity index is 1.04. The minimum absolute atomic E-state index is 0.0242. The fourth-order valence-electron chi connectivity index (χ4n) is 10.1. The third kappa shape index (κ3) is 7.33. The van der Waals surface area contributed by atoms with Crippen LogP contribution in [-0.4, -0.2) is 90.5 Å². The van der Waals surface area contributed by atoms with Crippen molar-refractivity contribution >= 4 is 23.3 Å². The fourth-order valence-corrected chi connectivity index (χ4v) is 10.3. The van der Waals surface area contributed by atoms with Crippen LogP contribution in [0.1, 0.15) is 87.1 Å². The van der Waals surface area contributed by atoms with Gasteiger partial charge in [-0.05, 0) is 136 Å². The van der Waals surface area contributed by atoms with E-state index < -0.39 is 11.5 Å². The molecule has 3 heterocycles. The van der Waals surface area contributed by atoms with E-state index in [0.717, 1.165) is 87.8 Å². The molecular weight excluding hydrogens is 688 g/mol. The summed E-state index contributed by atoms with van der Waals surface area (Å²) in [5, 5.41) is 14.7. The van der Waals surface area contributed by atoms with Crippen LogP contribution in [0.15, 0.2) is 48.7 Å². The van der Waals surface area contributed by atoms with Crippen molar-refractivity contribution in [2.24, 2.45) is 11.8 Å². The molecule has 2 N–H and O–H groups in total. The lowest BCUT2D eigenvalue weighted by molar-refractivity contribution is -0.144. The van der Waals surface area contributed by atoms with Crippen LogP contribution in [-0.2, 0) is 23.1 Å². The van der Waals surface area contributed by atoms with Gasteiger partial charge >= 0.3 is 5.97 Å². The number of carboxylic acids is 1. The summed E-state index contributed by atoms with van der Waals surface area (Å²) in [7, 11) is 2.18. The number of aliphatic carboxylic acids is 1. The molecule has 1 saturated carbocycles. The second-order valence-electron chi connectivity index (χ2n) is 16.8. The number of benzene rings is 2. The molecule has 0 bridgehead atoms. The number of likely N-dealkylation sites (N-methyl/N-ethyl adjacent to an activating group) is 1. The van der Waals surface area contributed by atoms with Gasteiger partial charge in [-0.25, -0.2) is 4.79 Å². The molecule has 4 atom stereocenters. The van der Waals surface area contributed by atoms with Gasteiger partial charge in [0.05, 0.1) is 6.61 Å². The Hall–Kier alpha value is -3.53. The van der Waals surface area contributed by atoms with Crippen molar-refractivity contribution in [3.63, 3.8) is 0 Å². The van der Waals surface area contributed by atoms with Crippen molar-refractivity contribution in [1.29, 1.82) is 0 Å². The molecule has 0 radical (unpaired) electrons. The number of carbonyl (C=O) groups is 1. The monoisotopic (exact) mass is 742 g/mol. The molecule has 1 aromatic heterocycles. The number of anilines is 1. The Morgan fingerprint density at radius 1 is 1.11 bits per heavy atom. The van der Waals surface area contributed by atoms with Gasteiger partial charge in [-0.15, -0.1) is 0 Å². The van der Waals surface area contributed by atoms with Crippen molar-refractivity contribution in [1.82, 2.24) is 14.8 Å². The van der Waals surface area contributed by atoms with Gasteiger partial charge in [0, 0.05) is 60.9 Å². The van der Waals surface area contributed by atoms with Gasteiger partial charge in [0.2, 0.25) is 0 Å². The highest BCUT2D eigenvalue weighted by molar-refractivity contribution is 6.30. The van der Waals surface area contributed by atoms with Crippen molar-refractivity contribution in [3.05, 3.63) is 76.1 Å². The lowest BCUT2D eigenvalue weighted by atomic mass is 9.59. The van der Waals surface area contributed by atoms with Gasteiger partial charge in [0.1, 0.15) is 24.0 Å². The summed E-state index contributed by atoms with van der Waals surface area (Å²) in [5.41, 5.74) is 4.60. The van der Waals surface area contributed by atoms with Crippen molar-refractivity contribution in [2.45, 2.75) is 94.6 Å². The van der Waals surface area contributed by atoms with Crippen LogP contribution < -0.4 is 19.5 Å². The number of pyridine rings is 1. The van der Waals surface area contributed by atoms with Crippen LogP contribution in [0.5, 0.6) is 17.2 Å². The summed E-state index contributed by atoms with van der Waals surface area (Å²) < 4.78 is 19.8. The Bertz CT molecular complexity index is 1800. The number of fused-ring (bicyclic) bond motifs is 4. The molecule has 284 valence electrons. The molecule has 10 heteroatoms. The zero-order valence-electron chi connectivity index (χ0n) is 31.5. The normalized spacial score (nSPS) is 28.9. The fraction of sp³-hybridized carbons (Fsp3) is 0.581. The van der Waals surface area contributed by atoms with E-state index in [9.17, 15) is 9.90 Å². The van der Waals surface area contributed by atoms with E-state index in [1.165, 1.54) is 35.2 Å². The molecule has 0 unspecified atom stereocenters. The molecule has 1 spiro atoms. The predicted molar refractivity (Wildman–Crippen MR) is 208 cm³/mol. The quantitative estimate of drug-likeness (QED) is 0.218. The summed E-state index contributed by atoms with van der Waals surface area (Å²) >= 11 is 6.32. The first-order valence-corrected chi connectivity index (χ1v) is 20.2. The number of hydrogen-bond donors (Lipinski definition) is 2. The number of halogens is 1.